The first-order chi connectivity index (χ1) is 7.66. The van der Waals surface area contributed by atoms with Gasteiger partial charge in [-0.05, 0) is 38.3 Å². The topological polar surface area (TPSA) is 24.1 Å². The van der Waals surface area contributed by atoms with Crippen LogP contribution in [-0.2, 0) is 6.42 Å². The summed E-state index contributed by atoms with van der Waals surface area (Å²) in [5.41, 5.74) is 4.24. The molecule has 2 nitrogen and oxygen atoms in total. The minimum atomic E-state index is 0.564. The molecule has 2 N–H and O–H groups in total. The van der Waals surface area contributed by atoms with Gasteiger partial charge in [0.1, 0.15) is 0 Å². The molecule has 0 aromatic heterocycles. The largest absolute Gasteiger partial charge is 0.311 e. The molecule has 1 fully saturated rings. The molecule has 0 saturated carbocycles. The van der Waals surface area contributed by atoms with Crippen LogP contribution in [0.25, 0.3) is 0 Å². The first-order valence-corrected chi connectivity index (χ1v) is 6.19. The van der Waals surface area contributed by atoms with Gasteiger partial charge in [-0.2, -0.15) is 0 Å². The maximum Gasteiger partial charge on any atom is 0.0259 e. The summed E-state index contributed by atoms with van der Waals surface area (Å²) in [5, 5.41) is 7.12. The van der Waals surface area contributed by atoms with Crippen LogP contribution in [0.15, 0.2) is 18.2 Å². The lowest BCUT2D eigenvalue weighted by molar-refractivity contribution is 0.336. The van der Waals surface area contributed by atoms with Crippen molar-refractivity contribution in [2.24, 2.45) is 0 Å². The number of hydrogen-bond acceptors (Lipinski definition) is 2. The second-order valence-corrected chi connectivity index (χ2v) is 4.94. The zero-order valence-electron chi connectivity index (χ0n) is 10.5. The van der Waals surface area contributed by atoms with E-state index in [2.05, 4.69) is 49.6 Å². The van der Waals surface area contributed by atoms with Crippen molar-refractivity contribution in [2.75, 3.05) is 13.1 Å². The number of nitrogens with one attached hydrogen (secondary N) is 2. The third kappa shape index (κ3) is 2.63. The standard InChI is InChI=1S/C14H22N2/c1-10-4-5-13(11(2)8-10)9-14-12(3)15-6-7-16-14/h4-5,8,12,14-16H,6-7,9H2,1-3H3. The smallest absolute Gasteiger partial charge is 0.0259 e. The molecule has 88 valence electrons. The molecule has 0 aliphatic carbocycles. The Hall–Kier alpha value is -0.860. The van der Waals surface area contributed by atoms with Crippen molar-refractivity contribution >= 4 is 0 Å². The highest BCUT2D eigenvalue weighted by atomic mass is 15.1. The summed E-state index contributed by atoms with van der Waals surface area (Å²) in [4.78, 5) is 0. The van der Waals surface area contributed by atoms with E-state index in [9.17, 15) is 0 Å². The highest BCUT2D eigenvalue weighted by molar-refractivity contribution is 5.31. The fourth-order valence-corrected chi connectivity index (χ4v) is 2.44. The van der Waals surface area contributed by atoms with Crippen molar-refractivity contribution in [1.29, 1.82) is 0 Å². The average molecular weight is 218 g/mol. The van der Waals surface area contributed by atoms with E-state index < -0.39 is 0 Å². The van der Waals surface area contributed by atoms with Gasteiger partial charge in [-0.1, -0.05) is 23.8 Å². The minimum absolute atomic E-state index is 0.564. The SMILES string of the molecule is Cc1ccc(CC2NCCNC2C)c(C)c1. The fourth-order valence-electron chi connectivity index (χ4n) is 2.44. The second kappa shape index (κ2) is 4.98. The summed E-state index contributed by atoms with van der Waals surface area (Å²) in [6.45, 7) is 8.80. The molecule has 2 atom stereocenters. The molecule has 16 heavy (non-hydrogen) atoms. The molecule has 1 aliphatic heterocycles. The van der Waals surface area contributed by atoms with Crippen LogP contribution in [0.3, 0.4) is 0 Å². The summed E-state index contributed by atoms with van der Waals surface area (Å²) in [6.07, 6.45) is 1.13. The Kier molecular flexibility index (Phi) is 3.62. The molecule has 1 aliphatic rings. The van der Waals surface area contributed by atoms with Crippen LogP contribution in [0.4, 0.5) is 0 Å². The molecule has 0 bridgehead atoms. The van der Waals surface area contributed by atoms with E-state index in [0.29, 0.717) is 12.1 Å². The van der Waals surface area contributed by atoms with Crippen molar-refractivity contribution in [2.45, 2.75) is 39.3 Å². The van der Waals surface area contributed by atoms with Gasteiger partial charge in [0.25, 0.3) is 0 Å². The molecule has 1 aromatic rings. The molecule has 0 spiro atoms. The van der Waals surface area contributed by atoms with Crippen LogP contribution in [0.2, 0.25) is 0 Å². The van der Waals surface area contributed by atoms with Crippen LogP contribution in [-0.4, -0.2) is 25.2 Å². The van der Waals surface area contributed by atoms with Crippen molar-refractivity contribution in [3.63, 3.8) is 0 Å². The van der Waals surface area contributed by atoms with Gasteiger partial charge in [-0.3, -0.25) is 0 Å². The van der Waals surface area contributed by atoms with Gasteiger partial charge in [0.2, 0.25) is 0 Å². The lowest BCUT2D eigenvalue weighted by Gasteiger charge is -2.31. The number of hydrogen-bond donors (Lipinski definition) is 2. The maximum atomic E-state index is 3.60. The number of aryl methyl sites for hydroxylation is 2. The number of benzene rings is 1. The Morgan fingerprint density at radius 3 is 2.62 bits per heavy atom. The van der Waals surface area contributed by atoms with Crippen LogP contribution >= 0.6 is 0 Å². The van der Waals surface area contributed by atoms with E-state index in [4.69, 9.17) is 0 Å². The summed E-state index contributed by atoms with van der Waals surface area (Å²) in [7, 11) is 0. The van der Waals surface area contributed by atoms with Gasteiger partial charge in [-0.15, -0.1) is 0 Å². The molecule has 0 amide bonds. The molecular formula is C14H22N2. The predicted octanol–water partition coefficient (Wildman–Crippen LogP) is 1.80. The molecule has 2 rings (SSSR count). The van der Waals surface area contributed by atoms with Crippen molar-refractivity contribution in [3.8, 4) is 0 Å². The molecule has 0 radical (unpaired) electrons. The molecule has 2 unspecified atom stereocenters. The van der Waals surface area contributed by atoms with Crippen LogP contribution in [0, 0.1) is 13.8 Å². The Labute approximate surface area is 98.4 Å². The Morgan fingerprint density at radius 2 is 1.94 bits per heavy atom. The van der Waals surface area contributed by atoms with E-state index in [1.807, 2.05) is 0 Å². The van der Waals surface area contributed by atoms with Crippen LogP contribution < -0.4 is 10.6 Å². The number of piperazine rings is 1. The van der Waals surface area contributed by atoms with Gasteiger partial charge in [0.15, 0.2) is 0 Å². The maximum absolute atomic E-state index is 3.60. The van der Waals surface area contributed by atoms with E-state index >= 15 is 0 Å². The second-order valence-electron chi connectivity index (χ2n) is 4.94. The van der Waals surface area contributed by atoms with E-state index in [0.717, 1.165) is 19.5 Å². The highest BCUT2D eigenvalue weighted by Gasteiger charge is 2.20. The van der Waals surface area contributed by atoms with E-state index in [1.165, 1.54) is 16.7 Å². The third-order valence-corrected chi connectivity index (χ3v) is 3.54. The highest BCUT2D eigenvalue weighted by Crippen LogP contribution is 2.14. The summed E-state index contributed by atoms with van der Waals surface area (Å²) in [5.74, 6) is 0. The van der Waals surface area contributed by atoms with Gasteiger partial charge in [0, 0.05) is 25.2 Å². The summed E-state index contributed by atoms with van der Waals surface area (Å²) < 4.78 is 0. The van der Waals surface area contributed by atoms with Gasteiger partial charge in [0.05, 0.1) is 0 Å². The van der Waals surface area contributed by atoms with Gasteiger partial charge < -0.3 is 10.6 Å². The first kappa shape index (κ1) is 11.6. The molecule has 1 saturated heterocycles. The lowest BCUT2D eigenvalue weighted by Crippen LogP contribution is -2.55. The summed E-state index contributed by atoms with van der Waals surface area (Å²) in [6, 6.07) is 7.89. The summed E-state index contributed by atoms with van der Waals surface area (Å²) >= 11 is 0. The van der Waals surface area contributed by atoms with E-state index in [-0.39, 0.29) is 0 Å². The zero-order valence-corrected chi connectivity index (χ0v) is 10.5. The zero-order chi connectivity index (χ0) is 11.5. The first-order valence-electron chi connectivity index (χ1n) is 6.19. The molecular weight excluding hydrogens is 196 g/mol. The van der Waals surface area contributed by atoms with Crippen LogP contribution in [0.5, 0.6) is 0 Å². The lowest BCUT2D eigenvalue weighted by atomic mass is 9.95. The minimum Gasteiger partial charge on any atom is -0.311 e. The van der Waals surface area contributed by atoms with Crippen LogP contribution in [0.1, 0.15) is 23.6 Å². The van der Waals surface area contributed by atoms with Gasteiger partial charge in [-0.25, -0.2) is 0 Å². The Morgan fingerprint density at radius 1 is 1.19 bits per heavy atom. The Balaban J connectivity index is 2.07. The predicted molar refractivity (Wildman–Crippen MR) is 68.9 cm³/mol. The van der Waals surface area contributed by atoms with Gasteiger partial charge >= 0.3 is 0 Å². The van der Waals surface area contributed by atoms with E-state index in [1.54, 1.807) is 0 Å². The normalized spacial score (nSPS) is 25.7. The number of rotatable bonds is 2. The molecule has 2 heteroatoms. The Bertz CT molecular complexity index is 360. The van der Waals surface area contributed by atoms with Crippen molar-refractivity contribution in [1.82, 2.24) is 10.6 Å². The monoisotopic (exact) mass is 218 g/mol. The third-order valence-electron chi connectivity index (χ3n) is 3.54. The fraction of sp³-hybridized carbons (Fsp3) is 0.571. The molecule has 1 heterocycles. The quantitative estimate of drug-likeness (QED) is 0.791. The van der Waals surface area contributed by atoms with Crippen molar-refractivity contribution < 1.29 is 0 Å². The molecule has 1 aromatic carbocycles. The van der Waals surface area contributed by atoms with Crippen molar-refractivity contribution in [3.05, 3.63) is 34.9 Å². The average Bonchev–Trinajstić information content (AvgIpc) is 2.25.